The number of guanidine groups is 1. The molecule has 0 aliphatic heterocycles. The molecule has 1 unspecified atom stereocenters. The summed E-state index contributed by atoms with van der Waals surface area (Å²) in [5, 5.41) is 16.8. The molecular formula is C23H31N3O3. The number of nitrogens with one attached hydrogen (secondary N) is 2. The maximum atomic E-state index is 10.1. The topological polar surface area (TPSA) is 75.1 Å². The lowest BCUT2D eigenvalue weighted by molar-refractivity contribution is 0.339. The van der Waals surface area contributed by atoms with Crippen LogP contribution in [-0.4, -0.2) is 32.3 Å². The minimum Gasteiger partial charge on any atom is -0.502 e. The highest BCUT2D eigenvalue weighted by atomic mass is 16.5. The first-order valence-electron chi connectivity index (χ1n) is 10.1. The molecule has 6 heteroatoms. The van der Waals surface area contributed by atoms with Gasteiger partial charge in [-0.05, 0) is 67.0 Å². The lowest BCUT2D eigenvalue weighted by atomic mass is 9.89. The van der Waals surface area contributed by atoms with Crippen LogP contribution in [0, 0.1) is 0 Å². The molecule has 0 fully saturated rings. The van der Waals surface area contributed by atoms with Crippen molar-refractivity contribution in [1.29, 1.82) is 0 Å². The van der Waals surface area contributed by atoms with Gasteiger partial charge in [0.1, 0.15) is 0 Å². The Bertz CT molecular complexity index is 855. The molecule has 29 heavy (non-hydrogen) atoms. The zero-order chi connectivity index (χ0) is 20.8. The number of hydrogen-bond acceptors (Lipinski definition) is 4. The summed E-state index contributed by atoms with van der Waals surface area (Å²) >= 11 is 0. The fraction of sp³-hybridized carbons (Fsp3) is 0.435. The minimum absolute atomic E-state index is 0.00212. The molecule has 3 rings (SSSR count). The number of phenols is 1. The van der Waals surface area contributed by atoms with Gasteiger partial charge in [-0.15, -0.1) is 0 Å². The lowest BCUT2D eigenvalue weighted by Gasteiger charge is -2.22. The van der Waals surface area contributed by atoms with Crippen LogP contribution in [0.25, 0.3) is 0 Å². The van der Waals surface area contributed by atoms with Crippen molar-refractivity contribution in [1.82, 2.24) is 10.6 Å². The quantitative estimate of drug-likeness (QED) is 0.512. The number of aryl methyl sites for hydroxylation is 2. The van der Waals surface area contributed by atoms with E-state index in [1.54, 1.807) is 19.2 Å². The normalized spacial score (nSPS) is 14.7. The van der Waals surface area contributed by atoms with E-state index in [2.05, 4.69) is 40.7 Å². The number of aliphatic imine (C=N–C) groups is 1. The molecule has 0 aromatic heterocycles. The third-order valence-electron chi connectivity index (χ3n) is 5.45. The van der Waals surface area contributed by atoms with Crippen LogP contribution < -0.4 is 20.1 Å². The fourth-order valence-corrected chi connectivity index (χ4v) is 3.74. The Kier molecular flexibility index (Phi) is 6.86. The SMILES string of the molecule is CN=C(NCc1cc(OC)c(O)c(OC)c1)NC(C)c1ccc2c(c1)CCCC2. The van der Waals surface area contributed by atoms with Crippen LogP contribution in [0.2, 0.25) is 0 Å². The summed E-state index contributed by atoms with van der Waals surface area (Å²) < 4.78 is 10.5. The number of ether oxygens (including phenoxy) is 2. The zero-order valence-electron chi connectivity index (χ0n) is 17.7. The van der Waals surface area contributed by atoms with Gasteiger partial charge in [0.2, 0.25) is 5.75 Å². The monoisotopic (exact) mass is 397 g/mol. The van der Waals surface area contributed by atoms with E-state index in [-0.39, 0.29) is 11.8 Å². The predicted molar refractivity (Wildman–Crippen MR) is 116 cm³/mol. The number of nitrogens with zero attached hydrogens (tertiary/aromatic N) is 1. The molecule has 3 N–H and O–H groups in total. The summed E-state index contributed by atoms with van der Waals surface area (Å²) in [7, 11) is 4.80. The summed E-state index contributed by atoms with van der Waals surface area (Å²) in [6.07, 6.45) is 4.94. The van der Waals surface area contributed by atoms with Crippen molar-refractivity contribution in [2.75, 3.05) is 21.3 Å². The van der Waals surface area contributed by atoms with Crippen LogP contribution in [0.1, 0.15) is 48.1 Å². The summed E-state index contributed by atoms with van der Waals surface area (Å²) in [6, 6.07) is 10.5. The third-order valence-corrected chi connectivity index (χ3v) is 5.45. The molecule has 6 nitrogen and oxygen atoms in total. The molecule has 0 bridgehead atoms. The number of fused-ring (bicyclic) bond motifs is 1. The van der Waals surface area contributed by atoms with Crippen molar-refractivity contribution in [3.05, 3.63) is 52.6 Å². The number of benzene rings is 2. The first kappa shape index (κ1) is 20.8. The minimum atomic E-state index is 0.00212. The smallest absolute Gasteiger partial charge is 0.200 e. The Labute approximate surface area is 173 Å². The highest BCUT2D eigenvalue weighted by Crippen LogP contribution is 2.37. The van der Waals surface area contributed by atoms with Crippen molar-refractivity contribution in [3.8, 4) is 17.2 Å². The predicted octanol–water partition coefficient (Wildman–Crippen LogP) is 3.71. The summed E-state index contributed by atoms with van der Waals surface area (Å²) in [5.41, 5.74) is 5.15. The maximum absolute atomic E-state index is 10.1. The number of rotatable bonds is 6. The van der Waals surface area contributed by atoms with Crippen molar-refractivity contribution >= 4 is 5.96 Å². The summed E-state index contributed by atoms with van der Waals surface area (Å²) in [4.78, 5) is 4.34. The highest BCUT2D eigenvalue weighted by molar-refractivity contribution is 5.80. The largest absolute Gasteiger partial charge is 0.502 e. The van der Waals surface area contributed by atoms with E-state index in [0.29, 0.717) is 24.0 Å². The van der Waals surface area contributed by atoms with Gasteiger partial charge in [-0.25, -0.2) is 0 Å². The second-order valence-corrected chi connectivity index (χ2v) is 7.38. The van der Waals surface area contributed by atoms with Gasteiger partial charge in [0.05, 0.1) is 20.3 Å². The first-order valence-corrected chi connectivity index (χ1v) is 10.1. The molecule has 1 atom stereocenters. The van der Waals surface area contributed by atoms with E-state index in [0.717, 1.165) is 5.56 Å². The Morgan fingerprint density at radius 3 is 2.34 bits per heavy atom. The Morgan fingerprint density at radius 1 is 1.07 bits per heavy atom. The van der Waals surface area contributed by atoms with Gasteiger partial charge in [0.15, 0.2) is 17.5 Å². The molecule has 0 radical (unpaired) electrons. The maximum Gasteiger partial charge on any atom is 0.200 e. The number of aromatic hydroxyl groups is 1. The standard InChI is InChI=1S/C23H31N3O3/c1-15(18-10-9-17-7-5-6-8-19(17)13-18)26-23(24-2)25-14-16-11-20(28-3)22(27)21(12-16)29-4/h9-13,15,27H,5-8,14H2,1-4H3,(H2,24,25,26). The molecule has 156 valence electrons. The zero-order valence-corrected chi connectivity index (χ0v) is 17.7. The molecule has 2 aromatic rings. The molecule has 0 spiro atoms. The van der Waals surface area contributed by atoms with Crippen molar-refractivity contribution < 1.29 is 14.6 Å². The first-order chi connectivity index (χ1) is 14.0. The number of methoxy groups -OCH3 is 2. The van der Waals surface area contributed by atoms with Gasteiger partial charge in [-0.3, -0.25) is 4.99 Å². The molecule has 1 aliphatic rings. The van der Waals surface area contributed by atoms with Crippen molar-refractivity contribution in [2.24, 2.45) is 4.99 Å². The lowest BCUT2D eigenvalue weighted by Crippen LogP contribution is -2.38. The molecule has 0 saturated heterocycles. The van der Waals surface area contributed by atoms with Crippen LogP contribution in [0.3, 0.4) is 0 Å². The van der Waals surface area contributed by atoms with E-state index < -0.39 is 0 Å². The number of hydrogen-bond donors (Lipinski definition) is 3. The average molecular weight is 398 g/mol. The molecule has 1 aliphatic carbocycles. The molecule has 2 aromatic carbocycles. The second-order valence-electron chi connectivity index (χ2n) is 7.38. The van der Waals surface area contributed by atoms with Crippen LogP contribution in [-0.2, 0) is 19.4 Å². The second kappa shape index (κ2) is 9.54. The van der Waals surface area contributed by atoms with Crippen molar-refractivity contribution in [3.63, 3.8) is 0 Å². The van der Waals surface area contributed by atoms with Crippen molar-refractivity contribution in [2.45, 2.75) is 45.2 Å². The van der Waals surface area contributed by atoms with E-state index >= 15 is 0 Å². The molecule has 0 amide bonds. The Balaban J connectivity index is 1.65. The highest BCUT2D eigenvalue weighted by Gasteiger charge is 2.14. The number of phenolic OH excluding ortho intramolecular Hbond substituents is 1. The Hall–Kier alpha value is -2.89. The molecule has 0 heterocycles. The van der Waals surface area contributed by atoms with Gasteiger partial charge in [-0.2, -0.15) is 0 Å². The van der Waals surface area contributed by atoms with E-state index in [1.807, 2.05) is 0 Å². The van der Waals surface area contributed by atoms with Gasteiger partial charge in [0, 0.05) is 13.6 Å². The summed E-state index contributed by atoms with van der Waals surface area (Å²) in [5.74, 6) is 1.47. The molecule has 0 saturated carbocycles. The van der Waals surface area contributed by atoms with E-state index in [4.69, 9.17) is 9.47 Å². The van der Waals surface area contributed by atoms with Crippen LogP contribution >= 0.6 is 0 Å². The van der Waals surface area contributed by atoms with Gasteiger partial charge >= 0.3 is 0 Å². The van der Waals surface area contributed by atoms with Gasteiger partial charge < -0.3 is 25.2 Å². The van der Waals surface area contributed by atoms with Gasteiger partial charge in [-0.1, -0.05) is 18.2 Å². The van der Waals surface area contributed by atoms with Crippen LogP contribution in [0.5, 0.6) is 17.2 Å². The van der Waals surface area contributed by atoms with Crippen LogP contribution in [0.4, 0.5) is 0 Å². The average Bonchev–Trinajstić information content (AvgIpc) is 2.76. The summed E-state index contributed by atoms with van der Waals surface area (Å²) in [6.45, 7) is 2.66. The third kappa shape index (κ3) is 4.94. The van der Waals surface area contributed by atoms with Crippen LogP contribution in [0.15, 0.2) is 35.3 Å². The fourth-order valence-electron chi connectivity index (χ4n) is 3.74. The van der Waals surface area contributed by atoms with Gasteiger partial charge in [0.25, 0.3) is 0 Å². The van der Waals surface area contributed by atoms with E-state index in [9.17, 15) is 5.11 Å². The molecular weight excluding hydrogens is 366 g/mol. The van der Waals surface area contributed by atoms with E-state index in [1.165, 1.54) is 56.6 Å². The Morgan fingerprint density at radius 2 is 1.72 bits per heavy atom.